The Morgan fingerprint density at radius 3 is 3.21 bits per heavy atom. The molecule has 0 bridgehead atoms. The SMILES string of the molecule is O=C1C2CSCC2=NN1c1nccs1. The van der Waals surface area contributed by atoms with Crippen molar-refractivity contribution < 1.29 is 4.79 Å². The smallest absolute Gasteiger partial charge is 0.259 e. The summed E-state index contributed by atoms with van der Waals surface area (Å²) < 4.78 is 0. The van der Waals surface area contributed by atoms with Crippen molar-refractivity contribution in [2.75, 3.05) is 16.5 Å². The van der Waals surface area contributed by atoms with Crippen LogP contribution in [0.1, 0.15) is 0 Å². The van der Waals surface area contributed by atoms with Crippen molar-refractivity contribution in [2.45, 2.75) is 0 Å². The van der Waals surface area contributed by atoms with E-state index in [1.165, 1.54) is 16.3 Å². The number of aromatic nitrogens is 1. The van der Waals surface area contributed by atoms with Gasteiger partial charge in [-0.2, -0.15) is 21.9 Å². The highest BCUT2D eigenvalue weighted by Crippen LogP contribution is 2.32. The minimum absolute atomic E-state index is 0.0175. The van der Waals surface area contributed by atoms with Gasteiger partial charge < -0.3 is 0 Å². The van der Waals surface area contributed by atoms with Gasteiger partial charge in [0.05, 0.1) is 11.6 Å². The Morgan fingerprint density at radius 1 is 1.57 bits per heavy atom. The van der Waals surface area contributed by atoms with Crippen LogP contribution in [0.3, 0.4) is 0 Å². The van der Waals surface area contributed by atoms with Crippen molar-refractivity contribution in [3.63, 3.8) is 0 Å². The molecule has 0 aliphatic carbocycles. The molecule has 0 saturated carbocycles. The van der Waals surface area contributed by atoms with E-state index in [1.54, 1.807) is 18.0 Å². The van der Waals surface area contributed by atoms with Crippen molar-refractivity contribution in [2.24, 2.45) is 11.0 Å². The summed E-state index contributed by atoms with van der Waals surface area (Å²) in [6.45, 7) is 0. The third-order valence-electron chi connectivity index (χ3n) is 2.27. The van der Waals surface area contributed by atoms with E-state index in [9.17, 15) is 4.79 Å². The van der Waals surface area contributed by atoms with Crippen LogP contribution < -0.4 is 5.01 Å². The summed E-state index contributed by atoms with van der Waals surface area (Å²) in [5, 5.41) is 8.29. The number of hydrazone groups is 1. The first-order chi connectivity index (χ1) is 6.86. The zero-order valence-electron chi connectivity index (χ0n) is 7.21. The predicted octanol–water partition coefficient (Wildman–Crippen LogP) is 1.21. The van der Waals surface area contributed by atoms with Gasteiger partial charge in [-0.25, -0.2) is 4.98 Å². The molecule has 1 fully saturated rings. The van der Waals surface area contributed by atoms with Gasteiger partial charge in [0.2, 0.25) is 5.13 Å². The zero-order valence-corrected chi connectivity index (χ0v) is 8.85. The van der Waals surface area contributed by atoms with Gasteiger partial charge in [0.25, 0.3) is 5.91 Å². The fourth-order valence-corrected chi connectivity index (χ4v) is 3.33. The third-order valence-corrected chi connectivity index (χ3v) is 4.09. The molecule has 0 N–H and O–H groups in total. The van der Waals surface area contributed by atoms with Crippen LogP contribution in [0.2, 0.25) is 0 Å². The van der Waals surface area contributed by atoms with Crippen LogP contribution in [0.25, 0.3) is 0 Å². The fourth-order valence-electron chi connectivity index (χ4n) is 1.57. The van der Waals surface area contributed by atoms with E-state index in [4.69, 9.17) is 0 Å². The van der Waals surface area contributed by atoms with Crippen LogP contribution in [0, 0.1) is 5.92 Å². The van der Waals surface area contributed by atoms with Gasteiger partial charge in [-0.1, -0.05) is 0 Å². The summed E-state index contributed by atoms with van der Waals surface area (Å²) in [5.41, 5.74) is 1.01. The van der Waals surface area contributed by atoms with Crippen molar-refractivity contribution in [1.29, 1.82) is 0 Å². The molecule has 3 rings (SSSR count). The van der Waals surface area contributed by atoms with Crippen LogP contribution in [-0.2, 0) is 4.79 Å². The summed E-state index contributed by atoms with van der Waals surface area (Å²) >= 11 is 3.22. The highest BCUT2D eigenvalue weighted by atomic mass is 32.2. The molecule has 1 aromatic heterocycles. The molecule has 1 amide bonds. The molecular weight excluding hydrogens is 218 g/mol. The number of thioether (sulfide) groups is 1. The average molecular weight is 225 g/mol. The van der Waals surface area contributed by atoms with Gasteiger partial charge in [-0.3, -0.25) is 4.79 Å². The number of rotatable bonds is 1. The number of amides is 1. The molecule has 1 atom stereocenters. The first-order valence-corrected chi connectivity index (χ1v) is 6.28. The number of fused-ring (bicyclic) bond motifs is 1. The van der Waals surface area contributed by atoms with E-state index in [2.05, 4.69) is 10.1 Å². The second-order valence-electron chi connectivity index (χ2n) is 3.12. The summed E-state index contributed by atoms with van der Waals surface area (Å²) in [4.78, 5) is 15.9. The lowest BCUT2D eigenvalue weighted by Gasteiger charge is -2.08. The van der Waals surface area contributed by atoms with Crippen LogP contribution in [-0.4, -0.2) is 28.1 Å². The van der Waals surface area contributed by atoms with E-state index >= 15 is 0 Å². The molecule has 3 heterocycles. The molecule has 1 saturated heterocycles. The molecule has 2 aliphatic heterocycles. The van der Waals surface area contributed by atoms with Gasteiger partial charge in [0.15, 0.2) is 0 Å². The number of hydrogen-bond acceptors (Lipinski definition) is 5. The largest absolute Gasteiger partial charge is 0.272 e. The lowest BCUT2D eigenvalue weighted by molar-refractivity contribution is -0.119. The van der Waals surface area contributed by atoms with Crippen LogP contribution >= 0.6 is 23.1 Å². The van der Waals surface area contributed by atoms with Crippen molar-refractivity contribution >= 4 is 39.8 Å². The van der Waals surface area contributed by atoms with E-state index in [0.717, 1.165) is 17.2 Å². The Morgan fingerprint density at radius 2 is 2.50 bits per heavy atom. The number of carbonyl (C=O) groups is 1. The Kier molecular flexibility index (Phi) is 1.84. The minimum Gasteiger partial charge on any atom is -0.272 e. The monoisotopic (exact) mass is 225 g/mol. The van der Waals surface area contributed by atoms with Gasteiger partial charge in [-0.05, 0) is 0 Å². The Balaban J connectivity index is 1.97. The lowest BCUT2D eigenvalue weighted by Crippen LogP contribution is -2.26. The number of carbonyl (C=O) groups excluding carboxylic acids is 1. The highest BCUT2D eigenvalue weighted by molar-refractivity contribution is 8.00. The Bertz CT molecular complexity index is 401. The number of nitrogens with zero attached hydrogens (tertiary/aromatic N) is 3. The first-order valence-electron chi connectivity index (χ1n) is 4.25. The molecule has 14 heavy (non-hydrogen) atoms. The normalized spacial score (nSPS) is 25.4. The molecule has 4 nitrogen and oxygen atoms in total. The first kappa shape index (κ1) is 8.43. The van der Waals surface area contributed by atoms with Crippen molar-refractivity contribution in [3.8, 4) is 0 Å². The molecule has 1 unspecified atom stereocenters. The Hall–Kier alpha value is -0.880. The number of hydrogen-bond donors (Lipinski definition) is 0. The second kappa shape index (κ2) is 3.06. The number of thiazole rings is 1. The molecule has 0 aromatic carbocycles. The van der Waals surface area contributed by atoms with Gasteiger partial charge in [0, 0.05) is 23.1 Å². The predicted molar refractivity (Wildman–Crippen MR) is 57.9 cm³/mol. The van der Waals surface area contributed by atoms with E-state index in [1.807, 2.05) is 5.38 Å². The van der Waals surface area contributed by atoms with E-state index < -0.39 is 0 Å². The maximum atomic E-state index is 11.9. The molecule has 0 spiro atoms. The molecule has 2 aliphatic rings. The summed E-state index contributed by atoms with van der Waals surface area (Å²) in [5.74, 6) is 1.86. The fraction of sp³-hybridized carbons (Fsp3) is 0.375. The summed E-state index contributed by atoms with van der Waals surface area (Å²) in [7, 11) is 0. The summed E-state index contributed by atoms with van der Waals surface area (Å²) in [6.07, 6.45) is 1.69. The summed E-state index contributed by atoms with van der Waals surface area (Å²) in [6, 6.07) is 0. The molecular formula is C8H7N3OS2. The number of anilines is 1. The van der Waals surface area contributed by atoms with Crippen LogP contribution in [0.4, 0.5) is 5.13 Å². The van der Waals surface area contributed by atoms with Crippen molar-refractivity contribution in [3.05, 3.63) is 11.6 Å². The molecule has 1 aromatic rings. The van der Waals surface area contributed by atoms with Crippen molar-refractivity contribution in [1.82, 2.24) is 4.98 Å². The Labute approximate surface area is 89.0 Å². The highest BCUT2D eigenvalue weighted by Gasteiger charge is 2.40. The molecule has 72 valence electrons. The van der Waals surface area contributed by atoms with Crippen LogP contribution in [0.15, 0.2) is 16.7 Å². The van der Waals surface area contributed by atoms with Gasteiger partial charge >= 0.3 is 0 Å². The van der Waals surface area contributed by atoms with Gasteiger partial charge in [0.1, 0.15) is 0 Å². The quantitative estimate of drug-likeness (QED) is 0.721. The zero-order chi connectivity index (χ0) is 9.54. The second-order valence-corrected chi connectivity index (χ2v) is 5.03. The van der Waals surface area contributed by atoms with E-state index in [-0.39, 0.29) is 11.8 Å². The average Bonchev–Trinajstić information content (AvgIpc) is 2.84. The lowest BCUT2D eigenvalue weighted by atomic mass is 10.1. The third kappa shape index (κ3) is 1.10. The standard InChI is InChI=1S/C8H7N3OS2/c12-7-5-3-13-4-6(5)10-11(7)8-9-1-2-14-8/h1-2,5H,3-4H2. The topological polar surface area (TPSA) is 45.6 Å². The molecule has 6 heteroatoms. The maximum absolute atomic E-state index is 11.9. The van der Waals surface area contributed by atoms with Gasteiger partial charge in [-0.15, -0.1) is 11.3 Å². The van der Waals surface area contributed by atoms with E-state index in [0.29, 0.717) is 5.13 Å². The van der Waals surface area contributed by atoms with Crippen LogP contribution in [0.5, 0.6) is 0 Å². The molecule has 0 radical (unpaired) electrons. The maximum Gasteiger partial charge on any atom is 0.259 e. The minimum atomic E-state index is 0.0175.